The summed E-state index contributed by atoms with van der Waals surface area (Å²) in [7, 11) is 0. The second kappa shape index (κ2) is 5.20. The van der Waals surface area contributed by atoms with Crippen molar-refractivity contribution in [2.45, 2.75) is 57.7 Å². The molecule has 1 fully saturated rings. The summed E-state index contributed by atoms with van der Waals surface area (Å²) in [5.74, 6) is -0.273. The van der Waals surface area contributed by atoms with Crippen LogP contribution in [-0.2, 0) is 9.59 Å². The Labute approximate surface area is 108 Å². The molecule has 1 amide bonds. The van der Waals surface area contributed by atoms with Gasteiger partial charge in [0, 0.05) is 23.2 Å². The van der Waals surface area contributed by atoms with E-state index < -0.39 is 11.1 Å². The molecule has 0 aromatic carbocycles. The highest BCUT2D eigenvalue weighted by Gasteiger charge is 2.45. The number of piperidine rings is 1. The molecule has 102 valence electrons. The molecule has 0 saturated carbocycles. The molecule has 0 unspecified atom stereocenters. The third-order valence-electron chi connectivity index (χ3n) is 3.31. The van der Waals surface area contributed by atoms with Crippen LogP contribution >= 0.6 is 0 Å². The van der Waals surface area contributed by atoms with Crippen LogP contribution in [0.3, 0.4) is 0 Å². The maximum Gasteiger partial charge on any atom is 0.244 e. The van der Waals surface area contributed by atoms with E-state index in [4.69, 9.17) is 0 Å². The summed E-state index contributed by atoms with van der Waals surface area (Å²) in [4.78, 5) is 21.7. The summed E-state index contributed by atoms with van der Waals surface area (Å²) >= 11 is 0. The highest BCUT2D eigenvalue weighted by atomic mass is 16.5. The highest BCUT2D eigenvalue weighted by Crippen LogP contribution is 2.36. The van der Waals surface area contributed by atoms with E-state index in [1.165, 1.54) is 17.2 Å². The standard InChI is InChI=1S/C13H22N2O3/c1-12(2)8-10(9-13(3,4)15(12)18)14-11(17)6-5-7-16/h5-7,10,18H,8-9H2,1-4H3,(H,14,17)/b6-5-. The van der Waals surface area contributed by atoms with Crippen LogP contribution in [0.4, 0.5) is 0 Å². The minimum absolute atomic E-state index is 0.0118. The van der Waals surface area contributed by atoms with Crippen LogP contribution in [-0.4, -0.2) is 39.6 Å². The van der Waals surface area contributed by atoms with E-state index in [1.54, 1.807) is 0 Å². The molecule has 0 aliphatic carbocycles. The minimum Gasteiger partial charge on any atom is -0.350 e. The first-order valence-electron chi connectivity index (χ1n) is 6.10. The van der Waals surface area contributed by atoms with Crippen molar-refractivity contribution in [1.29, 1.82) is 0 Å². The van der Waals surface area contributed by atoms with Gasteiger partial charge in [0.2, 0.25) is 5.91 Å². The molecule has 0 aromatic rings. The Hall–Kier alpha value is -1.20. The Balaban J connectivity index is 2.72. The fourth-order valence-corrected chi connectivity index (χ4v) is 2.75. The number of amides is 1. The quantitative estimate of drug-likeness (QED) is 0.588. The van der Waals surface area contributed by atoms with Gasteiger partial charge in [-0.1, -0.05) is 0 Å². The van der Waals surface area contributed by atoms with Crippen LogP contribution in [0.15, 0.2) is 12.2 Å². The second-order valence-corrected chi connectivity index (χ2v) is 6.05. The third-order valence-corrected chi connectivity index (χ3v) is 3.31. The van der Waals surface area contributed by atoms with Crippen LogP contribution < -0.4 is 5.32 Å². The van der Waals surface area contributed by atoms with Gasteiger partial charge in [0.25, 0.3) is 0 Å². The summed E-state index contributed by atoms with van der Waals surface area (Å²) in [5.41, 5.74) is -0.790. The number of hydrogen-bond donors (Lipinski definition) is 2. The molecule has 5 nitrogen and oxygen atoms in total. The lowest BCUT2D eigenvalue weighted by Gasteiger charge is -2.51. The summed E-state index contributed by atoms with van der Waals surface area (Å²) < 4.78 is 0. The zero-order valence-corrected chi connectivity index (χ0v) is 11.4. The van der Waals surface area contributed by atoms with Gasteiger partial charge in [-0.15, -0.1) is 0 Å². The van der Waals surface area contributed by atoms with Crippen molar-refractivity contribution in [3.8, 4) is 0 Å². The van der Waals surface area contributed by atoms with Gasteiger partial charge >= 0.3 is 0 Å². The van der Waals surface area contributed by atoms with Gasteiger partial charge in [-0.2, -0.15) is 5.06 Å². The molecule has 1 aliphatic rings. The van der Waals surface area contributed by atoms with Gasteiger partial charge < -0.3 is 10.5 Å². The van der Waals surface area contributed by atoms with Gasteiger partial charge in [-0.3, -0.25) is 9.59 Å². The Morgan fingerprint density at radius 3 is 2.22 bits per heavy atom. The lowest BCUT2D eigenvalue weighted by Crippen LogP contribution is -2.62. The van der Waals surface area contributed by atoms with E-state index in [0.717, 1.165) is 0 Å². The molecule has 2 N–H and O–H groups in total. The van der Waals surface area contributed by atoms with Crippen LogP contribution in [0.25, 0.3) is 0 Å². The average Bonchev–Trinajstić information content (AvgIpc) is 2.22. The number of hydroxylamine groups is 2. The van der Waals surface area contributed by atoms with Gasteiger partial charge in [-0.25, -0.2) is 0 Å². The predicted molar refractivity (Wildman–Crippen MR) is 68.2 cm³/mol. The van der Waals surface area contributed by atoms with E-state index in [0.29, 0.717) is 19.1 Å². The molecule has 0 radical (unpaired) electrons. The van der Waals surface area contributed by atoms with E-state index >= 15 is 0 Å². The zero-order valence-electron chi connectivity index (χ0n) is 11.4. The first-order valence-corrected chi connectivity index (χ1v) is 6.10. The summed E-state index contributed by atoms with van der Waals surface area (Å²) in [5, 5.41) is 14.3. The van der Waals surface area contributed by atoms with Crippen molar-refractivity contribution in [3.05, 3.63) is 12.2 Å². The molecule has 1 saturated heterocycles. The molecular formula is C13H22N2O3. The number of aldehydes is 1. The Bertz CT molecular complexity index is 343. The number of allylic oxidation sites excluding steroid dienone is 1. The summed E-state index contributed by atoms with van der Waals surface area (Å²) in [6.45, 7) is 7.76. The molecule has 5 heteroatoms. The minimum atomic E-state index is -0.395. The van der Waals surface area contributed by atoms with Crippen molar-refractivity contribution in [2.24, 2.45) is 0 Å². The van der Waals surface area contributed by atoms with E-state index in [2.05, 4.69) is 5.32 Å². The molecule has 0 atom stereocenters. The number of nitrogens with one attached hydrogen (secondary N) is 1. The average molecular weight is 254 g/mol. The molecular weight excluding hydrogens is 232 g/mol. The molecule has 0 aromatic heterocycles. The molecule has 1 rings (SSSR count). The van der Waals surface area contributed by atoms with E-state index in [1.807, 2.05) is 27.7 Å². The van der Waals surface area contributed by atoms with Gasteiger partial charge in [0.1, 0.15) is 6.29 Å². The largest absolute Gasteiger partial charge is 0.350 e. The number of carbonyl (C=O) groups excluding carboxylic acids is 2. The molecule has 0 bridgehead atoms. The van der Waals surface area contributed by atoms with Crippen molar-refractivity contribution in [2.75, 3.05) is 0 Å². The van der Waals surface area contributed by atoms with Crippen LogP contribution in [0, 0.1) is 0 Å². The predicted octanol–water partition coefficient (Wildman–Crippen LogP) is 1.27. The molecule has 1 heterocycles. The fraction of sp³-hybridized carbons (Fsp3) is 0.692. The Morgan fingerprint density at radius 1 is 1.28 bits per heavy atom. The summed E-state index contributed by atoms with van der Waals surface area (Å²) in [6, 6.07) is -0.0118. The maximum absolute atomic E-state index is 11.5. The van der Waals surface area contributed by atoms with Crippen LogP contribution in [0.1, 0.15) is 40.5 Å². The normalized spacial score (nSPS) is 24.1. The van der Waals surface area contributed by atoms with Crippen molar-refractivity contribution >= 4 is 12.2 Å². The first kappa shape index (κ1) is 14.9. The second-order valence-electron chi connectivity index (χ2n) is 6.05. The monoisotopic (exact) mass is 254 g/mol. The van der Waals surface area contributed by atoms with Crippen molar-refractivity contribution in [3.63, 3.8) is 0 Å². The third kappa shape index (κ3) is 3.40. The van der Waals surface area contributed by atoms with Crippen LogP contribution in [0.5, 0.6) is 0 Å². The number of carbonyl (C=O) groups is 2. The zero-order chi connectivity index (χ0) is 14.0. The molecule has 1 aliphatic heterocycles. The lowest BCUT2D eigenvalue weighted by atomic mass is 9.79. The Morgan fingerprint density at radius 2 is 1.78 bits per heavy atom. The van der Waals surface area contributed by atoms with Gasteiger partial charge in [-0.05, 0) is 46.6 Å². The van der Waals surface area contributed by atoms with Gasteiger partial charge in [0.15, 0.2) is 0 Å². The SMILES string of the molecule is CC1(C)CC(NC(=O)/C=C\C=O)CC(C)(C)N1O. The number of nitrogens with zero attached hydrogens (tertiary/aromatic N) is 1. The smallest absolute Gasteiger partial charge is 0.244 e. The van der Waals surface area contributed by atoms with E-state index in [9.17, 15) is 14.8 Å². The number of hydrogen-bond acceptors (Lipinski definition) is 4. The molecule has 0 spiro atoms. The number of rotatable bonds is 3. The van der Waals surface area contributed by atoms with E-state index in [-0.39, 0.29) is 11.9 Å². The Kier molecular flexibility index (Phi) is 4.29. The highest BCUT2D eigenvalue weighted by molar-refractivity contribution is 5.91. The molecule has 18 heavy (non-hydrogen) atoms. The van der Waals surface area contributed by atoms with Crippen molar-refractivity contribution in [1.82, 2.24) is 10.4 Å². The van der Waals surface area contributed by atoms with Crippen molar-refractivity contribution < 1.29 is 14.8 Å². The fourth-order valence-electron chi connectivity index (χ4n) is 2.75. The summed E-state index contributed by atoms with van der Waals surface area (Å²) in [6.07, 6.45) is 4.29. The maximum atomic E-state index is 11.5. The lowest BCUT2D eigenvalue weighted by molar-refractivity contribution is -0.245. The first-order chi connectivity index (χ1) is 8.19. The van der Waals surface area contributed by atoms with Gasteiger partial charge in [0.05, 0.1) is 0 Å². The topological polar surface area (TPSA) is 69.6 Å². The van der Waals surface area contributed by atoms with Crippen LogP contribution in [0.2, 0.25) is 0 Å².